The molecule has 1 aromatic carbocycles. The van der Waals surface area contributed by atoms with Gasteiger partial charge in [0.25, 0.3) is 11.8 Å². The monoisotopic (exact) mass is 434 g/mol. The lowest BCUT2D eigenvalue weighted by Crippen LogP contribution is -2.42. The first-order valence-corrected chi connectivity index (χ1v) is 9.51. The van der Waals surface area contributed by atoms with Crippen LogP contribution in [0, 0.1) is 5.82 Å². The third kappa shape index (κ3) is 5.16. The summed E-state index contributed by atoms with van der Waals surface area (Å²) in [6.07, 6.45) is 4.88. The van der Waals surface area contributed by atoms with Gasteiger partial charge in [-0.1, -0.05) is 0 Å². The molecule has 164 valence electrons. The normalized spacial score (nSPS) is 12.5. The van der Waals surface area contributed by atoms with Crippen LogP contribution >= 0.6 is 0 Å². The first-order valence-electron chi connectivity index (χ1n) is 9.51. The number of alkyl halides is 2. The molecule has 1 atom stereocenters. The molecule has 3 rings (SSSR count). The van der Waals surface area contributed by atoms with Gasteiger partial charge in [-0.3, -0.25) is 4.79 Å². The highest BCUT2D eigenvalue weighted by Gasteiger charge is 2.26. The van der Waals surface area contributed by atoms with Crippen LogP contribution in [0.3, 0.4) is 0 Å². The minimum atomic E-state index is -3.05. The zero-order valence-corrected chi connectivity index (χ0v) is 17.2. The number of carbonyl (C=O) groups is 1. The van der Waals surface area contributed by atoms with Crippen molar-refractivity contribution in [2.75, 3.05) is 13.2 Å². The number of hydrogen-bond acceptors (Lipinski definition) is 6. The van der Waals surface area contributed by atoms with Gasteiger partial charge in [-0.05, 0) is 32.0 Å². The maximum absolute atomic E-state index is 13.9. The van der Waals surface area contributed by atoms with Crippen LogP contribution in [0.2, 0.25) is 0 Å². The Balaban J connectivity index is 1.74. The molecule has 0 spiro atoms. The van der Waals surface area contributed by atoms with Crippen LogP contribution in [0.25, 0.3) is 5.69 Å². The second-order valence-electron chi connectivity index (χ2n) is 6.87. The van der Waals surface area contributed by atoms with Crippen molar-refractivity contribution in [2.24, 2.45) is 0 Å². The summed E-state index contributed by atoms with van der Waals surface area (Å²) in [5.74, 6) is -4.06. The number of ether oxygens (including phenoxy) is 1. The number of hydrogen-bond donors (Lipinski definition) is 0. The molecule has 1 amide bonds. The van der Waals surface area contributed by atoms with Gasteiger partial charge in [0.1, 0.15) is 12.4 Å². The van der Waals surface area contributed by atoms with E-state index in [1.54, 1.807) is 13.8 Å². The Labute approximate surface area is 176 Å². The SMILES string of the molecule is CCN(C(=O)c1cc(F)ccc1-n1nccn1)[C@@H](C)COc1ncc(C(C)(F)F)cn1. The van der Waals surface area contributed by atoms with Gasteiger partial charge in [0, 0.05) is 25.9 Å². The van der Waals surface area contributed by atoms with Gasteiger partial charge in [-0.15, -0.1) is 0 Å². The van der Waals surface area contributed by atoms with Crippen LogP contribution in [0.4, 0.5) is 13.2 Å². The van der Waals surface area contributed by atoms with Crippen LogP contribution in [0.1, 0.15) is 36.7 Å². The Morgan fingerprint density at radius 1 is 1.23 bits per heavy atom. The summed E-state index contributed by atoms with van der Waals surface area (Å²) in [6.45, 7) is 4.58. The van der Waals surface area contributed by atoms with E-state index in [2.05, 4.69) is 20.2 Å². The summed E-state index contributed by atoms with van der Waals surface area (Å²) in [5, 5.41) is 8.01. The highest BCUT2D eigenvalue weighted by atomic mass is 19.3. The van der Waals surface area contributed by atoms with Crippen molar-refractivity contribution in [1.29, 1.82) is 0 Å². The summed E-state index contributed by atoms with van der Waals surface area (Å²) in [4.78, 5) is 23.4. The molecule has 11 heteroatoms. The van der Waals surface area contributed by atoms with Crippen LogP contribution in [-0.2, 0) is 5.92 Å². The molecule has 0 radical (unpaired) electrons. The topological polar surface area (TPSA) is 86.0 Å². The second kappa shape index (κ2) is 9.11. The van der Waals surface area contributed by atoms with E-state index in [1.807, 2.05) is 0 Å². The molecule has 0 saturated heterocycles. The van der Waals surface area contributed by atoms with Gasteiger partial charge >= 0.3 is 6.01 Å². The molecule has 0 aliphatic carbocycles. The summed E-state index contributed by atoms with van der Waals surface area (Å²) >= 11 is 0. The Bertz CT molecular complexity index is 1020. The molecule has 0 unspecified atom stereocenters. The minimum absolute atomic E-state index is 0.00606. The number of carbonyl (C=O) groups excluding carboxylic acids is 1. The number of halogens is 3. The van der Waals surface area contributed by atoms with Gasteiger partial charge in [-0.2, -0.15) is 15.0 Å². The van der Waals surface area contributed by atoms with Gasteiger partial charge in [0.2, 0.25) is 0 Å². The number of nitrogens with zero attached hydrogens (tertiary/aromatic N) is 6. The lowest BCUT2D eigenvalue weighted by Gasteiger charge is -2.28. The number of amides is 1. The first-order chi connectivity index (χ1) is 14.7. The van der Waals surface area contributed by atoms with Gasteiger partial charge < -0.3 is 9.64 Å². The first kappa shape index (κ1) is 22.2. The molecule has 2 heterocycles. The molecule has 0 fully saturated rings. The number of rotatable bonds is 8. The number of benzene rings is 1. The molecule has 0 aliphatic heterocycles. The van der Waals surface area contributed by atoms with Crippen LogP contribution in [0.5, 0.6) is 6.01 Å². The number of likely N-dealkylation sites (N-methyl/N-ethyl adjacent to an activating group) is 1. The van der Waals surface area contributed by atoms with E-state index in [9.17, 15) is 18.0 Å². The Kier molecular flexibility index (Phi) is 6.52. The van der Waals surface area contributed by atoms with Crippen molar-refractivity contribution in [3.05, 3.63) is 59.9 Å². The molecule has 0 aliphatic rings. The maximum Gasteiger partial charge on any atom is 0.316 e. The Morgan fingerprint density at radius 3 is 2.45 bits per heavy atom. The fourth-order valence-electron chi connectivity index (χ4n) is 2.91. The molecule has 2 aromatic heterocycles. The van der Waals surface area contributed by atoms with Crippen LogP contribution in [0.15, 0.2) is 43.0 Å². The highest BCUT2D eigenvalue weighted by molar-refractivity contribution is 5.97. The average molecular weight is 434 g/mol. The standard InChI is InChI=1S/C20H21F3N6O2/c1-4-28(13(2)12-31-19-24-10-14(11-25-19)20(3,22)23)18(30)16-9-15(21)5-6-17(16)29-26-7-8-27-29/h5-11,13H,4,12H2,1-3H3/t13-/m0/s1. The molecule has 0 bridgehead atoms. The summed E-state index contributed by atoms with van der Waals surface area (Å²) in [6, 6.07) is 3.24. The quantitative estimate of drug-likeness (QED) is 0.541. The third-order valence-corrected chi connectivity index (χ3v) is 4.55. The molecule has 0 N–H and O–H groups in total. The van der Waals surface area contributed by atoms with Crippen molar-refractivity contribution in [3.8, 4) is 11.7 Å². The van der Waals surface area contributed by atoms with Crippen molar-refractivity contribution in [2.45, 2.75) is 32.7 Å². The van der Waals surface area contributed by atoms with Crippen LogP contribution < -0.4 is 4.74 Å². The Hall–Kier alpha value is -3.50. The fraction of sp³-hybridized carbons (Fsp3) is 0.350. The van der Waals surface area contributed by atoms with E-state index in [1.165, 1.54) is 34.2 Å². The van der Waals surface area contributed by atoms with Gasteiger partial charge in [-0.25, -0.2) is 23.1 Å². The Morgan fingerprint density at radius 2 is 1.87 bits per heavy atom. The smallest absolute Gasteiger partial charge is 0.316 e. The lowest BCUT2D eigenvalue weighted by atomic mass is 10.1. The average Bonchev–Trinajstić information content (AvgIpc) is 3.27. The third-order valence-electron chi connectivity index (χ3n) is 4.55. The fourth-order valence-corrected chi connectivity index (χ4v) is 2.91. The molecule has 0 saturated carbocycles. The van der Waals surface area contributed by atoms with Crippen molar-refractivity contribution in [1.82, 2.24) is 29.9 Å². The van der Waals surface area contributed by atoms with E-state index < -0.39 is 23.7 Å². The van der Waals surface area contributed by atoms with E-state index in [4.69, 9.17) is 4.74 Å². The summed E-state index contributed by atoms with van der Waals surface area (Å²) in [5.41, 5.74) is 0.0992. The molecular formula is C20H21F3N6O2. The molecule has 8 nitrogen and oxygen atoms in total. The maximum atomic E-state index is 13.9. The second-order valence-corrected chi connectivity index (χ2v) is 6.87. The van der Waals surface area contributed by atoms with Crippen molar-refractivity contribution in [3.63, 3.8) is 0 Å². The minimum Gasteiger partial charge on any atom is -0.461 e. The van der Waals surface area contributed by atoms with E-state index >= 15 is 0 Å². The predicted molar refractivity (Wildman–Crippen MR) is 105 cm³/mol. The van der Waals surface area contributed by atoms with E-state index in [0.717, 1.165) is 25.4 Å². The highest BCUT2D eigenvalue weighted by Crippen LogP contribution is 2.26. The molecule has 3 aromatic rings. The summed E-state index contributed by atoms with van der Waals surface area (Å²) in [7, 11) is 0. The molecule has 31 heavy (non-hydrogen) atoms. The lowest BCUT2D eigenvalue weighted by molar-refractivity contribution is 0.0165. The zero-order chi connectivity index (χ0) is 22.6. The van der Waals surface area contributed by atoms with Gasteiger partial charge in [0.05, 0.1) is 35.2 Å². The van der Waals surface area contributed by atoms with E-state index in [-0.39, 0.29) is 23.7 Å². The predicted octanol–water partition coefficient (Wildman–Crippen LogP) is 3.24. The zero-order valence-electron chi connectivity index (χ0n) is 17.2. The van der Waals surface area contributed by atoms with Crippen molar-refractivity contribution < 1.29 is 22.7 Å². The van der Waals surface area contributed by atoms with Crippen LogP contribution in [-0.4, -0.2) is 55.0 Å². The van der Waals surface area contributed by atoms with Gasteiger partial charge in [0.15, 0.2) is 0 Å². The van der Waals surface area contributed by atoms with Crippen molar-refractivity contribution >= 4 is 5.91 Å². The summed E-state index contributed by atoms with van der Waals surface area (Å²) < 4.78 is 45.9. The largest absolute Gasteiger partial charge is 0.461 e. The number of aromatic nitrogens is 5. The van der Waals surface area contributed by atoms with E-state index in [0.29, 0.717) is 12.2 Å². The molecular weight excluding hydrogens is 413 g/mol.